The fourth-order valence-corrected chi connectivity index (χ4v) is 5.13. The molecule has 2 N–H and O–H groups in total. The van der Waals surface area contributed by atoms with Crippen molar-refractivity contribution in [2.45, 2.75) is 50.6 Å². The molecule has 2 aromatic rings. The van der Waals surface area contributed by atoms with Crippen LogP contribution in [0.5, 0.6) is 0 Å². The Bertz CT molecular complexity index is 1060. The molecular weight excluding hydrogens is 458 g/mol. The van der Waals surface area contributed by atoms with Crippen LogP contribution in [0.4, 0.5) is 13.6 Å². The minimum Gasteiger partial charge on any atom is -0.481 e. The highest BCUT2D eigenvalue weighted by atomic mass is 19.3. The number of carboxylic acid groups (broad SMARTS) is 1. The van der Waals surface area contributed by atoms with Crippen LogP contribution in [0.1, 0.15) is 43.2 Å². The number of carboxylic acids is 1. The van der Waals surface area contributed by atoms with Gasteiger partial charge in [0.15, 0.2) is 0 Å². The zero-order valence-corrected chi connectivity index (χ0v) is 19.3. The summed E-state index contributed by atoms with van der Waals surface area (Å²) in [6.07, 6.45) is -3.75. The lowest BCUT2D eigenvalue weighted by Crippen LogP contribution is -2.51. The van der Waals surface area contributed by atoms with Crippen LogP contribution in [0.3, 0.4) is 0 Å². The lowest BCUT2D eigenvalue weighted by Gasteiger charge is -2.38. The van der Waals surface area contributed by atoms with Gasteiger partial charge in [-0.15, -0.1) is 0 Å². The summed E-state index contributed by atoms with van der Waals surface area (Å²) in [6.45, 7) is 1.87. The summed E-state index contributed by atoms with van der Waals surface area (Å²) in [5, 5.41) is 11.5. The van der Waals surface area contributed by atoms with E-state index in [0.717, 1.165) is 22.3 Å². The van der Waals surface area contributed by atoms with Gasteiger partial charge < -0.3 is 20.1 Å². The number of aliphatic carboxylic acids is 1. The summed E-state index contributed by atoms with van der Waals surface area (Å²) >= 11 is 0. The average molecular weight is 487 g/mol. The minimum absolute atomic E-state index is 0.0345. The van der Waals surface area contributed by atoms with Gasteiger partial charge in [-0.1, -0.05) is 48.5 Å². The number of amides is 2. The minimum atomic E-state index is -2.99. The first-order chi connectivity index (χ1) is 16.8. The number of alkyl carbamates (subject to hydrolysis) is 1. The highest BCUT2D eigenvalue weighted by Crippen LogP contribution is 2.44. The van der Waals surface area contributed by atoms with Crippen LogP contribution in [0, 0.1) is 5.92 Å². The molecule has 0 saturated carbocycles. The fourth-order valence-electron chi connectivity index (χ4n) is 5.13. The number of fused-ring (bicyclic) bond motifs is 3. The maximum absolute atomic E-state index is 13.7. The van der Waals surface area contributed by atoms with E-state index in [9.17, 15) is 28.3 Å². The van der Waals surface area contributed by atoms with Crippen molar-refractivity contribution in [3.05, 3.63) is 59.7 Å². The normalized spacial score (nSPS) is 20.2. The van der Waals surface area contributed by atoms with E-state index in [-0.39, 0.29) is 12.5 Å². The summed E-state index contributed by atoms with van der Waals surface area (Å²) in [6, 6.07) is 13.2. The molecule has 0 spiro atoms. The number of nitrogens with zero attached hydrogens (tertiary/aromatic N) is 1. The van der Waals surface area contributed by atoms with Crippen LogP contribution in [-0.4, -0.2) is 59.6 Å². The second-order valence-electron chi connectivity index (χ2n) is 9.03. The zero-order chi connectivity index (χ0) is 25.1. The molecule has 3 atom stereocenters. The molecule has 0 aromatic heterocycles. The first kappa shape index (κ1) is 24.6. The van der Waals surface area contributed by atoms with Crippen molar-refractivity contribution in [3.63, 3.8) is 0 Å². The van der Waals surface area contributed by atoms with Crippen molar-refractivity contribution in [3.8, 4) is 11.1 Å². The van der Waals surface area contributed by atoms with Crippen LogP contribution < -0.4 is 5.32 Å². The Labute approximate surface area is 202 Å². The number of nitrogens with one attached hydrogen (secondary N) is 1. The van der Waals surface area contributed by atoms with Crippen LogP contribution in [-0.2, 0) is 14.3 Å². The lowest BCUT2D eigenvalue weighted by atomic mass is 9.90. The van der Waals surface area contributed by atoms with E-state index in [0.29, 0.717) is 19.4 Å². The van der Waals surface area contributed by atoms with E-state index in [2.05, 4.69) is 5.32 Å². The number of hydrogen-bond acceptors (Lipinski definition) is 4. The largest absolute Gasteiger partial charge is 0.481 e. The van der Waals surface area contributed by atoms with Gasteiger partial charge >= 0.3 is 12.1 Å². The van der Waals surface area contributed by atoms with Gasteiger partial charge in [0.2, 0.25) is 5.91 Å². The predicted molar refractivity (Wildman–Crippen MR) is 124 cm³/mol. The number of benzene rings is 2. The number of ether oxygens (including phenoxy) is 1. The van der Waals surface area contributed by atoms with Gasteiger partial charge in [-0.2, -0.15) is 0 Å². The highest BCUT2D eigenvalue weighted by molar-refractivity contribution is 5.81. The summed E-state index contributed by atoms with van der Waals surface area (Å²) in [5.41, 5.74) is 4.08. The number of halogens is 2. The Hall–Kier alpha value is -3.49. The summed E-state index contributed by atoms with van der Waals surface area (Å²) in [4.78, 5) is 37.9. The van der Waals surface area contributed by atoms with Crippen LogP contribution in [0.15, 0.2) is 48.5 Å². The Morgan fingerprint density at radius 2 is 1.69 bits per heavy atom. The van der Waals surface area contributed by atoms with Crippen molar-refractivity contribution in [1.82, 2.24) is 10.2 Å². The second kappa shape index (κ2) is 10.4. The number of piperidine rings is 1. The van der Waals surface area contributed by atoms with E-state index >= 15 is 0 Å². The number of likely N-dealkylation sites (tertiary alicyclic amines) is 1. The number of carbonyl (C=O) groups excluding carboxylic acids is 2. The van der Waals surface area contributed by atoms with Crippen molar-refractivity contribution in [2.75, 3.05) is 13.2 Å². The third-order valence-electron chi connectivity index (χ3n) is 6.97. The Morgan fingerprint density at radius 3 is 2.26 bits per heavy atom. The number of hydrogen-bond donors (Lipinski definition) is 2. The molecule has 0 bridgehead atoms. The second-order valence-corrected chi connectivity index (χ2v) is 9.03. The van der Waals surface area contributed by atoms with Gasteiger partial charge in [-0.3, -0.25) is 9.59 Å². The molecule has 2 amide bonds. The maximum atomic E-state index is 13.7. The summed E-state index contributed by atoms with van der Waals surface area (Å²) < 4.78 is 32.7. The Kier molecular flexibility index (Phi) is 7.33. The summed E-state index contributed by atoms with van der Waals surface area (Å²) in [7, 11) is 0. The van der Waals surface area contributed by atoms with E-state index in [1.54, 1.807) is 6.92 Å². The number of rotatable bonds is 7. The van der Waals surface area contributed by atoms with Gasteiger partial charge in [0.05, 0.1) is 12.3 Å². The third kappa shape index (κ3) is 5.13. The molecule has 9 heteroatoms. The van der Waals surface area contributed by atoms with E-state index in [4.69, 9.17) is 4.74 Å². The van der Waals surface area contributed by atoms with Crippen molar-refractivity contribution >= 4 is 18.0 Å². The van der Waals surface area contributed by atoms with Gasteiger partial charge in [0.1, 0.15) is 12.6 Å². The van der Waals surface area contributed by atoms with Crippen molar-refractivity contribution < 1.29 is 33.0 Å². The molecule has 2 aromatic carbocycles. The smallest absolute Gasteiger partial charge is 0.407 e. The van der Waals surface area contributed by atoms with Gasteiger partial charge in [0, 0.05) is 18.5 Å². The molecule has 186 valence electrons. The number of alkyl halides is 2. The van der Waals surface area contributed by atoms with Crippen molar-refractivity contribution in [1.29, 1.82) is 0 Å². The molecule has 2 aliphatic rings. The average Bonchev–Trinajstić information content (AvgIpc) is 3.16. The highest BCUT2D eigenvalue weighted by Gasteiger charge is 2.37. The molecule has 1 heterocycles. The fraction of sp³-hybridized carbons (Fsp3) is 0.423. The molecule has 1 aliphatic carbocycles. The molecule has 4 rings (SSSR count). The van der Waals surface area contributed by atoms with Crippen LogP contribution in [0.2, 0.25) is 0 Å². The molecule has 0 radical (unpaired) electrons. The van der Waals surface area contributed by atoms with Crippen molar-refractivity contribution in [2.24, 2.45) is 5.92 Å². The maximum Gasteiger partial charge on any atom is 0.407 e. The Morgan fingerprint density at radius 1 is 1.09 bits per heavy atom. The number of carbonyl (C=O) groups is 3. The summed E-state index contributed by atoms with van der Waals surface area (Å²) in [5.74, 6) is -2.60. The van der Waals surface area contributed by atoms with E-state index < -0.39 is 48.8 Å². The lowest BCUT2D eigenvalue weighted by molar-refractivity contribution is -0.149. The molecule has 1 saturated heterocycles. The first-order valence-corrected chi connectivity index (χ1v) is 11.7. The van der Waals surface area contributed by atoms with Gasteiger partial charge in [-0.25, -0.2) is 13.6 Å². The molecule has 1 unspecified atom stereocenters. The zero-order valence-electron chi connectivity index (χ0n) is 19.3. The first-order valence-electron chi connectivity index (χ1n) is 11.7. The Balaban J connectivity index is 1.38. The molecule has 35 heavy (non-hydrogen) atoms. The van der Waals surface area contributed by atoms with Gasteiger partial charge in [0.25, 0.3) is 6.43 Å². The van der Waals surface area contributed by atoms with Gasteiger partial charge in [-0.05, 0) is 42.0 Å². The van der Waals surface area contributed by atoms with E-state index in [1.165, 1.54) is 4.90 Å². The molecule has 1 fully saturated rings. The third-order valence-corrected chi connectivity index (χ3v) is 6.97. The quantitative estimate of drug-likeness (QED) is 0.610. The SMILES string of the molecule is C[C@@H]1[C@H](C(=O)O)CCCN1C(=O)CC(NC(=O)OCC1c2ccccc2-c2ccccc21)C(F)F. The topological polar surface area (TPSA) is 95.9 Å². The molecular formula is C26H28F2N2O5. The standard InChI is InChI=1S/C26H28F2N2O5/c1-15-16(25(32)33)11-6-12-30(15)23(31)13-22(24(27)28)29-26(34)35-14-21-19-9-4-2-7-17(19)18-8-3-5-10-20(18)21/h2-5,7-10,15-16,21-22,24H,6,11-14H2,1H3,(H,29,34)(H,32,33)/t15-,16-,22?/m1/s1. The van der Waals surface area contributed by atoms with Crippen LogP contribution in [0.25, 0.3) is 11.1 Å². The molecule has 7 nitrogen and oxygen atoms in total. The molecule has 1 aliphatic heterocycles. The van der Waals surface area contributed by atoms with Crippen LogP contribution >= 0.6 is 0 Å². The monoisotopic (exact) mass is 486 g/mol. The van der Waals surface area contributed by atoms with E-state index in [1.807, 2.05) is 48.5 Å². The predicted octanol–water partition coefficient (Wildman–Crippen LogP) is 4.26.